The summed E-state index contributed by atoms with van der Waals surface area (Å²) in [5, 5.41) is 0. The van der Waals surface area contributed by atoms with Gasteiger partial charge >= 0.3 is 0 Å². The summed E-state index contributed by atoms with van der Waals surface area (Å²) < 4.78 is 1.00. The first-order valence-electron chi connectivity index (χ1n) is 6.52. The van der Waals surface area contributed by atoms with E-state index < -0.39 is 0 Å². The first-order chi connectivity index (χ1) is 9.58. The molecule has 1 aliphatic heterocycles. The summed E-state index contributed by atoms with van der Waals surface area (Å²) in [4.78, 5) is 26.1. The van der Waals surface area contributed by atoms with Crippen molar-refractivity contribution >= 4 is 39.5 Å². The summed E-state index contributed by atoms with van der Waals surface area (Å²) in [6, 6.07) is 7.85. The number of hydrogen-bond acceptors (Lipinski definition) is 3. The molecule has 0 atom stereocenters. The molecule has 6 heteroatoms. The second kappa shape index (κ2) is 7.13. The van der Waals surface area contributed by atoms with Gasteiger partial charge < -0.3 is 10.6 Å². The highest BCUT2D eigenvalue weighted by atomic mass is 79.9. The van der Waals surface area contributed by atoms with Crippen molar-refractivity contribution in [2.75, 3.05) is 18.8 Å². The summed E-state index contributed by atoms with van der Waals surface area (Å²) in [5.74, 6) is 0.215. The summed E-state index contributed by atoms with van der Waals surface area (Å²) >= 11 is 5.00. The van der Waals surface area contributed by atoms with Gasteiger partial charge in [-0.3, -0.25) is 9.59 Å². The monoisotopic (exact) mass is 356 g/mol. The van der Waals surface area contributed by atoms with Crippen LogP contribution >= 0.6 is 27.7 Å². The Morgan fingerprint density at radius 1 is 1.30 bits per heavy atom. The van der Waals surface area contributed by atoms with E-state index in [0.29, 0.717) is 31.7 Å². The maximum atomic E-state index is 12.1. The number of nitrogens with zero attached hydrogens (tertiary/aromatic N) is 1. The maximum Gasteiger partial charge on any atom is 0.232 e. The zero-order chi connectivity index (χ0) is 14.5. The molecule has 2 rings (SSSR count). The summed E-state index contributed by atoms with van der Waals surface area (Å²) in [5.41, 5.74) is 5.29. The molecule has 2 amide bonds. The van der Waals surface area contributed by atoms with Gasteiger partial charge in [-0.2, -0.15) is 0 Å². The largest absolute Gasteiger partial charge is 0.369 e. The lowest BCUT2D eigenvalue weighted by molar-refractivity contribution is -0.132. The van der Waals surface area contributed by atoms with E-state index in [9.17, 15) is 9.59 Å². The van der Waals surface area contributed by atoms with Crippen LogP contribution in [0.3, 0.4) is 0 Å². The van der Waals surface area contributed by atoms with Gasteiger partial charge in [0.2, 0.25) is 11.8 Å². The average molecular weight is 357 g/mol. The molecule has 20 heavy (non-hydrogen) atoms. The average Bonchev–Trinajstić information content (AvgIpc) is 2.46. The standard InChI is InChI=1S/C14H17BrN2O2S/c15-11-3-1-2-4-12(11)20-9-13(18)17-7-5-10(6-8-17)14(16)19/h1-4,10H,5-9H2,(H2,16,19). The van der Waals surface area contributed by atoms with E-state index in [1.807, 2.05) is 29.2 Å². The van der Waals surface area contributed by atoms with E-state index in [0.717, 1.165) is 9.37 Å². The van der Waals surface area contributed by atoms with Crippen molar-refractivity contribution in [3.8, 4) is 0 Å². The quantitative estimate of drug-likeness (QED) is 0.841. The van der Waals surface area contributed by atoms with E-state index in [2.05, 4.69) is 15.9 Å². The number of nitrogens with two attached hydrogens (primary N) is 1. The highest BCUT2D eigenvalue weighted by molar-refractivity contribution is 9.10. The SMILES string of the molecule is NC(=O)C1CCN(C(=O)CSc2ccccc2Br)CC1. The van der Waals surface area contributed by atoms with Gasteiger partial charge in [-0.15, -0.1) is 11.8 Å². The number of thioether (sulfide) groups is 1. The van der Waals surface area contributed by atoms with Crippen molar-refractivity contribution in [1.82, 2.24) is 4.90 Å². The van der Waals surface area contributed by atoms with Crippen LogP contribution in [0.1, 0.15) is 12.8 Å². The second-order valence-corrected chi connectivity index (χ2v) is 6.65. The van der Waals surface area contributed by atoms with Crippen LogP contribution in [-0.2, 0) is 9.59 Å². The summed E-state index contributed by atoms with van der Waals surface area (Å²) in [6.45, 7) is 1.26. The van der Waals surface area contributed by atoms with Crippen LogP contribution in [0.4, 0.5) is 0 Å². The molecule has 2 N–H and O–H groups in total. The van der Waals surface area contributed by atoms with Crippen LogP contribution < -0.4 is 5.73 Å². The Labute approximate surface area is 131 Å². The maximum absolute atomic E-state index is 12.1. The Hall–Kier alpha value is -1.01. The number of benzene rings is 1. The molecule has 108 valence electrons. The number of piperidine rings is 1. The number of hydrogen-bond donors (Lipinski definition) is 1. The number of carbonyl (C=O) groups is 2. The fourth-order valence-corrected chi connectivity index (χ4v) is 3.68. The minimum Gasteiger partial charge on any atom is -0.369 e. The van der Waals surface area contributed by atoms with Crippen molar-refractivity contribution in [2.45, 2.75) is 17.7 Å². The molecule has 0 aromatic heterocycles. The van der Waals surface area contributed by atoms with Gasteiger partial charge in [0.1, 0.15) is 0 Å². The van der Waals surface area contributed by atoms with Gasteiger partial charge in [0.15, 0.2) is 0 Å². The molecule has 0 aliphatic carbocycles. The van der Waals surface area contributed by atoms with Crippen molar-refractivity contribution < 1.29 is 9.59 Å². The third-order valence-corrected chi connectivity index (χ3v) is 5.45. The first kappa shape index (κ1) is 15.4. The highest BCUT2D eigenvalue weighted by Gasteiger charge is 2.25. The Bertz CT molecular complexity index is 502. The van der Waals surface area contributed by atoms with E-state index in [1.165, 1.54) is 11.8 Å². The van der Waals surface area contributed by atoms with Crippen molar-refractivity contribution in [1.29, 1.82) is 0 Å². The lowest BCUT2D eigenvalue weighted by Crippen LogP contribution is -2.42. The molecule has 4 nitrogen and oxygen atoms in total. The summed E-state index contributed by atoms with van der Waals surface area (Å²) in [6.07, 6.45) is 1.36. The van der Waals surface area contributed by atoms with Gasteiger partial charge in [-0.1, -0.05) is 12.1 Å². The van der Waals surface area contributed by atoms with Crippen LogP contribution in [0.25, 0.3) is 0 Å². The lowest BCUT2D eigenvalue weighted by Gasteiger charge is -2.30. The van der Waals surface area contributed by atoms with Gasteiger partial charge in [-0.05, 0) is 40.9 Å². The van der Waals surface area contributed by atoms with Gasteiger partial charge in [0.05, 0.1) is 5.75 Å². The molecular weight excluding hydrogens is 340 g/mol. The number of rotatable bonds is 4. The highest BCUT2D eigenvalue weighted by Crippen LogP contribution is 2.27. The van der Waals surface area contributed by atoms with Crippen LogP contribution in [0, 0.1) is 5.92 Å². The number of primary amides is 1. The van der Waals surface area contributed by atoms with Gasteiger partial charge in [0, 0.05) is 28.4 Å². The zero-order valence-corrected chi connectivity index (χ0v) is 13.5. The Kier molecular flexibility index (Phi) is 5.48. The number of amides is 2. The van der Waals surface area contributed by atoms with Crippen LogP contribution in [0.2, 0.25) is 0 Å². The van der Waals surface area contributed by atoms with Gasteiger partial charge in [-0.25, -0.2) is 0 Å². The number of likely N-dealkylation sites (tertiary alicyclic amines) is 1. The van der Waals surface area contributed by atoms with E-state index in [1.54, 1.807) is 0 Å². The zero-order valence-electron chi connectivity index (χ0n) is 11.0. The minimum atomic E-state index is -0.250. The molecular formula is C14H17BrN2O2S. The third kappa shape index (κ3) is 3.99. The third-order valence-electron chi connectivity index (χ3n) is 3.44. The fraction of sp³-hybridized carbons (Fsp3) is 0.429. The molecule has 1 saturated heterocycles. The van der Waals surface area contributed by atoms with E-state index in [-0.39, 0.29) is 17.7 Å². The Balaban J connectivity index is 1.82. The Morgan fingerprint density at radius 3 is 2.55 bits per heavy atom. The predicted octanol–water partition coefficient (Wildman–Crippen LogP) is 2.27. The van der Waals surface area contributed by atoms with Gasteiger partial charge in [0.25, 0.3) is 0 Å². The second-order valence-electron chi connectivity index (χ2n) is 4.78. The van der Waals surface area contributed by atoms with Crippen LogP contribution in [0.5, 0.6) is 0 Å². The molecule has 0 spiro atoms. The predicted molar refractivity (Wildman–Crippen MR) is 83.4 cm³/mol. The topological polar surface area (TPSA) is 63.4 Å². The van der Waals surface area contributed by atoms with Crippen molar-refractivity contribution in [2.24, 2.45) is 11.7 Å². The normalized spacial score (nSPS) is 16.1. The molecule has 0 bridgehead atoms. The molecule has 1 aliphatic rings. The lowest BCUT2D eigenvalue weighted by atomic mass is 9.96. The molecule has 0 saturated carbocycles. The summed E-state index contributed by atoms with van der Waals surface area (Å²) in [7, 11) is 0. The van der Waals surface area contributed by atoms with Crippen LogP contribution in [0.15, 0.2) is 33.6 Å². The molecule has 1 heterocycles. The molecule has 0 unspecified atom stereocenters. The molecule has 1 fully saturated rings. The Morgan fingerprint density at radius 2 is 1.95 bits per heavy atom. The first-order valence-corrected chi connectivity index (χ1v) is 8.30. The fourth-order valence-electron chi connectivity index (χ4n) is 2.21. The molecule has 1 aromatic carbocycles. The van der Waals surface area contributed by atoms with Crippen molar-refractivity contribution in [3.05, 3.63) is 28.7 Å². The number of halogens is 1. The molecule has 1 aromatic rings. The van der Waals surface area contributed by atoms with Crippen molar-refractivity contribution in [3.63, 3.8) is 0 Å². The molecule has 0 radical (unpaired) electrons. The number of carbonyl (C=O) groups excluding carboxylic acids is 2. The van der Waals surface area contributed by atoms with E-state index in [4.69, 9.17) is 5.73 Å². The smallest absolute Gasteiger partial charge is 0.232 e. The van der Waals surface area contributed by atoms with Crippen LogP contribution in [-0.4, -0.2) is 35.6 Å². The minimum absolute atomic E-state index is 0.0741. The van der Waals surface area contributed by atoms with E-state index >= 15 is 0 Å².